The maximum absolute atomic E-state index is 13.3. The number of benzene rings is 1. The van der Waals surface area contributed by atoms with Gasteiger partial charge in [-0.05, 0) is 29.9 Å². The second-order valence-corrected chi connectivity index (χ2v) is 10.0. The number of amides is 3. The summed E-state index contributed by atoms with van der Waals surface area (Å²) in [5.41, 5.74) is 7.33. The number of carbonyl (C=O) groups is 4. The molecule has 7 N–H and O–H groups in total. The monoisotopic (exact) mass is 532 g/mol. The number of hydrogen-bond donors (Lipinski definition) is 6. The molecule has 0 aliphatic carbocycles. The van der Waals surface area contributed by atoms with Gasteiger partial charge in [0.1, 0.15) is 18.1 Å². The number of carboxylic acids is 1. The number of nitrogens with one attached hydrogen (secondary N) is 4. The zero-order valence-electron chi connectivity index (χ0n) is 21.3. The highest BCUT2D eigenvalue weighted by Gasteiger charge is 2.32. The normalized spacial score (nSPS) is 14.3. The molecule has 0 aliphatic heterocycles. The molecule has 11 nitrogen and oxygen atoms in total. The molecule has 4 atom stereocenters. The zero-order chi connectivity index (χ0) is 27.4. The van der Waals surface area contributed by atoms with Crippen LogP contribution in [-0.4, -0.2) is 74.9 Å². The fraction of sp³-hybridized carbons (Fsp3) is 0.480. The molecule has 1 aromatic carbocycles. The number of H-pyrrole nitrogens is 1. The molecule has 12 heteroatoms. The maximum Gasteiger partial charge on any atom is 0.326 e. The van der Waals surface area contributed by atoms with E-state index in [4.69, 9.17) is 5.73 Å². The summed E-state index contributed by atoms with van der Waals surface area (Å²) in [7, 11) is 0. The number of aromatic nitrogens is 2. The molecular weight excluding hydrogens is 496 g/mol. The third-order valence-corrected chi connectivity index (χ3v) is 6.37. The van der Waals surface area contributed by atoms with Gasteiger partial charge < -0.3 is 31.8 Å². The minimum absolute atomic E-state index is 0.0904. The van der Waals surface area contributed by atoms with E-state index in [0.717, 1.165) is 5.56 Å². The molecule has 202 valence electrons. The zero-order valence-corrected chi connectivity index (χ0v) is 22.1. The van der Waals surface area contributed by atoms with Crippen LogP contribution in [0.15, 0.2) is 42.9 Å². The average molecular weight is 533 g/mol. The fourth-order valence-electron chi connectivity index (χ4n) is 3.58. The van der Waals surface area contributed by atoms with E-state index in [0.29, 0.717) is 17.9 Å². The Kier molecular flexibility index (Phi) is 12.1. The summed E-state index contributed by atoms with van der Waals surface area (Å²) in [5, 5.41) is 17.6. The van der Waals surface area contributed by atoms with Crippen molar-refractivity contribution in [2.24, 2.45) is 11.7 Å². The van der Waals surface area contributed by atoms with Crippen molar-refractivity contribution in [1.82, 2.24) is 25.9 Å². The van der Waals surface area contributed by atoms with Gasteiger partial charge in [-0.15, -0.1) is 0 Å². The van der Waals surface area contributed by atoms with Gasteiger partial charge in [0.05, 0.1) is 12.4 Å². The van der Waals surface area contributed by atoms with E-state index in [1.165, 1.54) is 12.5 Å². The van der Waals surface area contributed by atoms with Crippen molar-refractivity contribution in [1.29, 1.82) is 0 Å². The van der Waals surface area contributed by atoms with Crippen molar-refractivity contribution < 1.29 is 24.3 Å². The Bertz CT molecular complexity index is 1020. The standard InChI is InChI=1S/C25H36N6O5S/c1-15(2)21(24(34)30-20(25(35)36)11-16-7-5-4-6-8-16)31-23(33)19(12-17-13-27-14-28-17)29-22(32)18(26)9-10-37-3/h4-8,13-15,18-21H,9-12,26H2,1-3H3,(H,27,28)(H,29,32)(H,30,34)(H,31,33)(H,35,36). The van der Waals surface area contributed by atoms with E-state index in [1.807, 2.05) is 12.3 Å². The number of nitrogens with two attached hydrogens (primary N) is 1. The number of carboxylic acid groups (broad SMARTS) is 1. The topological polar surface area (TPSA) is 179 Å². The van der Waals surface area contributed by atoms with Crippen LogP contribution in [0.5, 0.6) is 0 Å². The second kappa shape index (κ2) is 15.0. The molecule has 3 amide bonds. The van der Waals surface area contributed by atoms with Crippen LogP contribution in [0, 0.1) is 5.92 Å². The van der Waals surface area contributed by atoms with Crippen LogP contribution in [-0.2, 0) is 32.0 Å². The van der Waals surface area contributed by atoms with Crippen LogP contribution in [0.2, 0.25) is 0 Å². The van der Waals surface area contributed by atoms with Crippen molar-refractivity contribution in [3.63, 3.8) is 0 Å². The summed E-state index contributed by atoms with van der Waals surface area (Å²) < 4.78 is 0. The van der Waals surface area contributed by atoms with Crippen LogP contribution in [0.3, 0.4) is 0 Å². The number of imidazole rings is 1. The van der Waals surface area contributed by atoms with Gasteiger partial charge in [0.2, 0.25) is 17.7 Å². The fourth-order valence-corrected chi connectivity index (χ4v) is 4.07. The highest BCUT2D eigenvalue weighted by Crippen LogP contribution is 2.09. The quantitative estimate of drug-likeness (QED) is 0.191. The Morgan fingerprint density at radius 1 is 1.00 bits per heavy atom. The van der Waals surface area contributed by atoms with Gasteiger partial charge in [-0.1, -0.05) is 44.2 Å². The van der Waals surface area contributed by atoms with Gasteiger partial charge in [-0.25, -0.2) is 9.78 Å². The summed E-state index contributed by atoms with van der Waals surface area (Å²) in [6, 6.07) is 4.91. The van der Waals surface area contributed by atoms with E-state index < -0.39 is 47.9 Å². The molecule has 0 saturated carbocycles. The first-order valence-corrected chi connectivity index (χ1v) is 13.4. The second-order valence-electron chi connectivity index (χ2n) is 9.05. The van der Waals surface area contributed by atoms with Crippen LogP contribution in [0.25, 0.3) is 0 Å². The first kappa shape index (κ1) is 29.8. The lowest BCUT2D eigenvalue weighted by Crippen LogP contribution is -2.59. The van der Waals surface area contributed by atoms with Crippen molar-refractivity contribution in [3.05, 3.63) is 54.1 Å². The number of carbonyl (C=O) groups excluding carboxylic acids is 3. The number of rotatable bonds is 15. The number of thioether (sulfide) groups is 1. The van der Waals surface area contributed by atoms with E-state index in [9.17, 15) is 24.3 Å². The summed E-state index contributed by atoms with van der Waals surface area (Å²) in [6.45, 7) is 3.47. The molecule has 0 spiro atoms. The first-order valence-electron chi connectivity index (χ1n) is 12.0. The Morgan fingerprint density at radius 2 is 1.68 bits per heavy atom. The summed E-state index contributed by atoms with van der Waals surface area (Å²) in [6.07, 6.45) is 5.54. The van der Waals surface area contributed by atoms with Gasteiger partial charge in [0.15, 0.2) is 0 Å². The molecule has 2 rings (SSSR count). The van der Waals surface area contributed by atoms with Crippen LogP contribution in [0.4, 0.5) is 0 Å². The number of aliphatic carboxylic acids is 1. The van der Waals surface area contributed by atoms with E-state index in [1.54, 1.807) is 49.9 Å². The summed E-state index contributed by atoms with van der Waals surface area (Å²) >= 11 is 1.56. The Balaban J connectivity index is 2.14. The van der Waals surface area contributed by atoms with Gasteiger partial charge in [0, 0.05) is 24.7 Å². The van der Waals surface area contributed by atoms with Gasteiger partial charge in [-0.2, -0.15) is 11.8 Å². The maximum atomic E-state index is 13.3. The van der Waals surface area contributed by atoms with Crippen molar-refractivity contribution >= 4 is 35.5 Å². The molecule has 0 aliphatic rings. The predicted molar refractivity (Wildman–Crippen MR) is 142 cm³/mol. The minimum atomic E-state index is -1.19. The van der Waals surface area contributed by atoms with E-state index in [2.05, 4.69) is 25.9 Å². The molecule has 4 unspecified atom stereocenters. The molecule has 0 radical (unpaired) electrons. The van der Waals surface area contributed by atoms with E-state index >= 15 is 0 Å². The predicted octanol–water partition coefficient (Wildman–Crippen LogP) is 0.470. The molecule has 2 aromatic rings. The summed E-state index contributed by atoms with van der Waals surface area (Å²) in [4.78, 5) is 57.7. The molecule has 37 heavy (non-hydrogen) atoms. The highest BCUT2D eigenvalue weighted by atomic mass is 32.2. The van der Waals surface area contributed by atoms with Crippen molar-refractivity contribution in [3.8, 4) is 0 Å². The molecule has 0 saturated heterocycles. The van der Waals surface area contributed by atoms with Crippen LogP contribution < -0.4 is 21.7 Å². The Hall–Kier alpha value is -3.38. The molecular formula is C25H36N6O5S. The Labute approximate surface area is 220 Å². The average Bonchev–Trinajstić information content (AvgIpc) is 3.38. The molecule has 0 bridgehead atoms. The third kappa shape index (κ3) is 9.89. The summed E-state index contributed by atoms with van der Waals surface area (Å²) in [5.74, 6) is -2.56. The first-order chi connectivity index (χ1) is 17.6. The van der Waals surface area contributed by atoms with Crippen molar-refractivity contribution in [2.45, 2.75) is 57.3 Å². The smallest absolute Gasteiger partial charge is 0.326 e. The highest BCUT2D eigenvalue weighted by molar-refractivity contribution is 7.98. The van der Waals surface area contributed by atoms with Crippen LogP contribution >= 0.6 is 11.8 Å². The molecule has 1 heterocycles. The van der Waals surface area contributed by atoms with Crippen LogP contribution in [0.1, 0.15) is 31.5 Å². The largest absolute Gasteiger partial charge is 0.480 e. The lowest BCUT2D eigenvalue weighted by Gasteiger charge is -2.27. The van der Waals surface area contributed by atoms with E-state index in [-0.39, 0.29) is 18.8 Å². The Morgan fingerprint density at radius 3 is 2.24 bits per heavy atom. The van der Waals surface area contributed by atoms with Gasteiger partial charge in [0.25, 0.3) is 0 Å². The lowest BCUT2D eigenvalue weighted by molar-refractivity contribution is -0.142. The number of nitrogens with zero attached hydrogens (tertiary/aromatic N) is 1. The SMILES string of the molecule is CSCCC(N)C(=O)NC(Cc1cnc[nH]1)C(=O)NC(C(=O)NC(Cc1ccccc1)C(=O)O)C(C)C. The van der Waals surface area contributed by atoms with Gasteiger partial charge >= 0.3 is 5.97 Å². The molecule has 1 aromatic heterocycles. The van der Waals surface area contributed by atoms with Gasteiger partial charge in [-0.3, -0.25) is 14.4 Å². The lowest BCUT2D eigenvalue weighted by atomic mass is 10.0. The number of aromatic amines is 1. The third-order valence-electron chi connectivity index (χ3n) is 5.73. The molecule has 0 fully saturated rings. The minimum Gasteiger partial charge on any atom is -0.480 e. The van der Waals surface area contributed by atoms with Crippen molar-refractivity contribution in [2.75, 3.05) is 12.0 Å². The number of hydrogen-bond acceptors (Lipinski definition) is 7.